The van der Waals surface area contributed by atoms with Gasteiger partial charge in [0.15, 0.2) is 0 Å². The maximum Gasteiger partial charge on any atom is 0.337 e. The molecular formula is C11H10N2O2. The molecule has 1 heterocycles. The molecule has 0 aliphatic carbocycles. The Morgan fingerprint density at radius 3 is 2.53 bits per heavy atom. The number of hydrogen-bond donors (Lipinski definition) is 1. The molecule has 0 amide bonds. The predicted molar refractivity (Wildman–Crippen MR) is 55.4 cm³/mol. The van der Waals surface area contributed by atoms with Gasteiger partial charge in [-0.25, -0.2) is 4.79 Å². The molecule has 1 aromatic carbocycles. The average molecular weight is 202 g/mol. The number of methoxy groups -OCH3 is 1. The van der Waals surface area contributed by atoms with Crippen molar-refractivity contribution in [3.05, 3.63) is 42.1 Å². The number of nitrogens with one attached hydrogen (secondary N) is 1. The molecular weight excluding hydrogens is 192 g/mol. The Bertz CT molecular complexity index is 446. The van der Waals surface area contributed by atoms with E-state index in [1.165, 1.54) is 7.11 Å². The second kappa shape index (κ2) is 3.96. The van der Waals surface area contributed by atoms with Gasteiger partial charge in [0.1, 0.15) is 0 Å². The molecule has 0 fully saturated rings. The van der Waals surface area contributed by atoms with Gasteiger partial charge in [0.05, 0.1) is 18.4 Å². The zero-order valence-electron chi connectivity index (χ0n) is 8.23. The first-order valence-corrected chi connectivity index (χ1v) is 4.50. The van der Waals surface area contributed by atoms with Crippen LogP contribution >= 0.6 is 0 Å². The number of carbonyl (C=O) groups excluding carboxylic acids is 1. The molecule has 0 radical (unpaired) electrons. The zero-order chi connectivity index (χ0) is 10.7. The predicted octanol–water partition coefficient (Wildman–Crippen LogP) is 1.86. The molecule has 0 bridgehead atoms. The van der Waals surface area contributed by atoms with Crippen LogP contribution in [-0.4, -0.2) is 23.3 Å². The van der Waals surface area contributed by atoms with Gasteiger partial charge in [-0.1, -0.05) is 12.1 Å². The van der Waals surface area contributed by atoms with E-state index >= 15 is 0 Å². The van der Waals surface area contributed by atoms with Crippen molar-refractivity contribution >= 4 is 5.97 Å². The summed E-state index contributed by atoms with van der Waals surface area (Å²) >= 11 is 0. The molecule has 1 aromatic heterocycles. The number of H-pyrrole nitrogens is 1. The molecule has 1 N–H and O–H groups in total. The van der Waals surface area contributed by atoms with E-state index in [0.29, 0.717) is 5.56 Å². The number of hydrogen-bond acceptors (Lipinski definition) is 3. The van der Waals surface area contributed by atoms with E-state index in [2.05, 4.69) is 14.9 Å². The topological polar surface area (TPSA) is 55.0 Å². The second-order valence-corrected chi connectivity index (χ2v) is 3.03. The van der Waals surface area contributed by atoms with Crippen LogP contribution in [0.2, 0.25) is 0 Å². The number of nitrogens with zero attached hydrogens (tertiary/aromatic N) is 1. The monoisotopic (exact) mass is 202 g/mol. The van der Waals surface area contributed by atoms with E-state index in [4.69, 9.17) is 0 Å². The van der Waals surface area contributed by atoms with Crippen LogP contribution in [0.25, 0.3) is 11.3 Å². The van der Waals surface area contributed by atoms with Crippen LogP contribution in [0.4, 0.5) is 0 Å². The Kier molecular flexibility index (Phi) is 2.49. The third-order valence-corrected chi connectivity index (χ3v) is 2.10. The molecule has 0 aliphatic heterocycles. The highest BCUT2D eigenvalue weighted by molar-refractivity contribution is 5.89. The van der Waals surface area contributed by atoms with Crippen molar-refractivity contribution in [3.63, 3.8) is 0 Å². The number of aromatic amines is 1. The van der Waals surface area contributed by atoms with Crippen molar-refractivity contribution in [3.8, 4) is 11.3 Å². The molecule has 0 saturated heterocycles. The van der Waals surface area contributed by atoms with Gasteiger partial charge in [0, 0.05) is 11.8 Å². The van der Waals surface area contributed by atoms with Gasteiger partial charge in [-0.2, -0.15) is 5.10 Å². The lowest BCUT2D eigenvalue weighted by Crippen LogP contribution is -2.00. The van der Waals surface area contributed by atoms with Crippen LogP contribution < -0.4 is 0 Å². The van der Waals surface area contributed by atoms with E-state index in [0.717, 1.165) is 11.3 Å². The van der Waals surface area contributed by atoms with Crippen molar-refractivity contribution in [2.45, 2.75) is 0 Å². The number of rotatable bonds is 2. The Hall–Kier alpha value is -2.10. The minimum Gasteiger partial charge on any atom is -0.465 e. The highest BCUT2D eigenvalue weighted by atomic mass is 16.5. The molecule has 0 atom stereocenters. The van der Waals surface area contributed by atoms with Crippen LogP contribution in [0.3, 0.4) is 0 Å². The summed E-state index contributed by atoms with van der Waals surface area (Å²) < 4.78 is 4.61. The first-order chi connectivity index (χ1) is 7.31. The Morgan fingerprint density at radius 2 is 2.00 bits per heavy atom. The van der Waals surface area contributed by atoms with E-state index in [9.17, 15) is 4.79 Å². The van der Waals surface area contributed by atoms with E-state index in [1.54, 1.807) is 18.3 Å². The first-order valence-electron chi connectivity index (χ1n) is 4.50. The van der Waals surface area contributed by atoms with Crippen molar-refractivity contribution in [1.82, 2.24) is 10.2 Å². The Morgan fingerprint density at radius 1 is 1.27 bits per heavy atom. The molecule has 76 valence electrons. The smallest absolute Gasteiger partial charge is 0.337 e. The third kappa shape index (κ3) is 1.88. The minimum atomic E-state index is -0.330. The number of aromatic nitrogens is 2. The van der Waals surface area contributed by atoms with Gasteiger partial charge < -0.3 is 4.74 Å². The summed E-state index contributed by atoms with van der Waals surface area (Å²) in [6, 6.07) is 8.98. The summed E-state index contributed by atoms with van der Waals surface area (Å²) in [5.74, 6) is -0.330. The molecule has 0 unspecified atom stereocenters. The van der Waals surface area contributed by atoms with Gasteiger partial charge >= 0.3 is 5.97 Å². The number of carbonyl (C=O) groups is 1. The number of esters is 1. The maximum atomic E-state index is 11.2. The molecule has 0 spiro atoms. The van der Waals surface area contributed by atoms with Gasteiger partial charge in [0.2, 0.25) is 0 Å². The summed E-state index contributed by atoms with van der Waals surface area (Å²) in [6.45, 7) is 0. The fourth-order valence-corrected chi connectivity index (χ4v) is 1.32. The Labute approximate surface area is 86.9 Å². The highest BCUT2D eigenvalue weighted by Crippen LogP contribution is 2.16. The fraction of sp³-hybridized carbons (Fsp3) is 0.0909. The number of benzene rings is 1. The normalized spacial score (nSPS) is 9.93. The quantitative estimate of drug-likeness (QED) is 0.756. The highest BCUT2D eigenvalue weighted by Gasteiger charge is 2.05. The first kappa shape index (κ1) is 9.45. The van der Waals surface area contributed by atoms with Crippen LogP contribution in [0.5, 0.6) is 0 Å². The van der Waals surface area contributed by atoms with Crippen LogP contribution in [0.15, 0.2) is 36.5 Å². The Balaban J connectivity index is 2.29. The van der Waals surface area contributed by atoms with E-state index in [1.807, 2.05) is 18.2 Å². The largest absolute Gasteiger partial charge is 0.465 e. The lowest BCUT2D eigenvalue weighted by Gasteiger charge is -2.00. The van der Waals surface area contributed by atoms with Crippen molar-refractivity contribution in [2.75, 3.05) is 7.11 Å². The zero-order valence-corrected chi connectivity index (χ0v) is 8.23. The van der Waals surface area contributed by atoms with E-state index < -0.39 is 0 Å². The fourth-order valence-electron chi connectivity index (χ4n) is 1.32. The summed E-state index contributed by atoms with van der Waals surface area (Å²) in [5, 5.41) is 6.78. The lowest BCUT2D eigenvalue weighted by atomic mass is 10.1. The maximum absolute atomic E-state index is 11.2. The van der Waals surface area contributed by atoms with Gasteiger partial charge in [-0.05, 0) is 18.2 Å². The summed E-state index contributed by atoms with van der Waals surface area (Å²) in [5.41, 5.74) is 2.35. The molecule has 15 heavy (non-hydrogen) atoms. The second-order valence-electron chi connectivity index (χ2n) is 3.03. The van der Waals surface area contributed by atoms with Crippen LogP contribution in [-0.2, 0) is 4.74 Å². The van der Waals surface area contributed by atoms with Crippen molar-refractivity contribution in [1.29, 1.82) is 0 Å². The van der Waals surface area contributed by atoms with Gasteiger partial charge in [0.25, 0.3) is 0 Å². The molecule has 4 heteroatoms. The van der Waals surface area contributed by atoms with Crippen LogP contribution in [0, 0.1) is 0 Å². The summed E-state index contributed by atoms with van der Waals surface area (Å²) in [4.78, 5) is 11.2. The molecule has 2 aromatic rings. The summed E-state index contributed by atoms with van der Waals surface area (Å²) in [6.07, 6.45) is 1.75. The lowest BCUT2D eigenvalue weighted by molar-refractivity contribution is 0.0601. The minimum absolute atomic E-state index is 0.330. The SMILES string of the molecule is COC(=O)c1ccc(-c2cc[nH]n2)cc1. The van der Waals surface area contributed by atoms with E-state index in [-0.39, 0.29) is 5.97 Å². The molecule has 4 nitrogen and oxygen atoms in total. The van der Waals surface area contributed by atoms with Gasteiger partial charge in [-0.3, -0.25) is 5.10 Å². The van der Waals surface area contributed by atoms with Crippen molar-refractivity contribution < 1.29 is 9.53 Å². The molecule has 0 saturated carbocycles. The molecule has 2 rings (SSSR count). The van der Waals surface area contributed by atoms with Crippen LogP contribution in [0.1, 0.15) is 10.4 Å². The van der Waals surface area contributed by atoms with Gasteiger partial charge in [-0.15, -0.1) is 0 Å². The number of ether oxygens (including phenoxy) is 1. The summed E-state index contributed by atoms with van der Waals surface area (Å²) in [7, 11) is 1.37. The van der Waals surface area contributed by atoms with Crippen molar-refractivity contribution in [2.24, 2.45) is 0 Å². The molecule has 0 aliphatic rings. The third-order valence-electron chi connectivity index (χ3n) is 2.10. The average Bonchev–Trinajstić information content (AvgIpc) is 2.82. The standard InChI is InChI=1S/C11H10N2O2/c1-15-11(14)9-4-2-8(3-5-9)10-6-7-12-13-10/h2-7H,1H3,(H,12,13).